The van der Waals surface area contributed by atoms with Crippen LogP contribution in [0.1, 0.15) is 18.1 Å². The van der Waals surface area contributed by atoms with Gasteiger partial charge >= 0.3 is 0 Å². The second kappa shape index (κ2) is 5.64. The van der Waals surface area contributed by atoms with Crippen molar-refractivity contribution < 1.29 is 9.84 Å². The van der Waals surface area contributed by atoms with Crippen LogP contribution in [0.15, 0.2) is 24.3 Å². The molecule has 0 radical (unpaired) electrons. The zero-order chi connectivity index (χ0) is 11.4. The Labute approximate surface area is 100 Å². The van der Waals surface area contributed by atoms with E-state index in [1.54, 1.807) is 12.1 Å². The molecule has 2 unspecified atom stereocenters. The number of aliphatic hydroxyl groups is 1. The van der Waals surface area contributed by atoms with Gasteiger partial charge in [-0.3, -0.25) is 0 Å². The van der Waals surface area contributed by atoms with Crippen molar-refractivity contribution in [2.45, 2.75) is 18.6 Å². The molecular weight excluding hydrogens is 226 g/mol. The molecule has 4 heteroatoms. The van der Waals surface area contributed by atoms with Gasteiger partial charge in [0.15, 0.2) is 0 Å². The minimum absolute atomic E-state index is 0.225. The molecule has 88 valence electrons. The van der Waals surface area contributed by atoms with Crippen LogP contribution >= 0.6 is 11.6 Å². The average molecular weight is 242 g/mol. The minimum atomic E-state index is -0.488. The Hall–Kier alpha value is -0.610. The van der Waals surface area contributed by atoms with Gasteiger partial charge in [0.2, 0.25) is 0 Å². The number of rotatable bonds is 3. The number of ether oxygens (including phenoxy) is 1. The van der Waals surface area contributed by atoms with Gasteiger partial charge in [-0.1, -0.05) is 23.7 Å². The topological polar surface area (TPSA) is 41.5 Å². The first-order valence-electron chi connectivity index (χ1n) is 5.50. The van der Waals surface area contributed by atoms with Gasteiger partial charge in [0.25, 0.3) is 0 Å². The smallest absolute Gasteiger partial charge is 0.0806 e. The summed E-state index contributed by atoms with van der Waals surface area (Å²) in [6.07, 6.45) is 0.165. The molecule has 1 aliphatic heterocycles. The van der Waals surface area contributed by atoms with E-state index in [1.807, 2.05) is 12.1 Å². The van der Waals surface area contributed by atoms with Crippen molar-refractivity contribution in [2.75, 3.05) is 19.8 Å². The maximum atomic E-state index is 10.0. The van der Waals surface area contributed by atoms with Crippen molar-refractivity contribution in [2.24, 2.45) is 0 Å². The Kier molecular flexibility index (Phi) is 4.18. The molecule has 0 saturated carbocycles. The Bertz CT molecular complexity index is 340. The lowest BCUT2D eigenvalue weighted by Crippen LogP contribution is -2.42. The fraction of sp³-hybridized carbons (Fsp3) is 0.500. The first kappa shape index (κ1) is 11.9. The highest BCUT2D eigenvalue weighted by Crippen LogP contribution is 2.22. The summed E-state index contributed by atoms with van der Waals surface area (Å²) in [5, 5.41) is 14.0. The van der Waals surface area contributed by atoms with Gasteiger partial charge in [0.1, 0.15) is 0 Å². The van der Waals surface area contributed by atoms with Crippen LogP contribution in [0.4, 0.5) is 0 Å². The zero-order valence-electron chi connectivity index (χ0n) is 9.03. The summed E-state index contributed by atoms with van der Waals surface area (Å²) < 4.78 is 5.34. The summed E-state index contributed by atoms with van der Waals surface area (Å²) in [5.74, 6) is 0. The molecule has 3 nitrogen and oxygen atoms in total. The number of aliphatic hydroxyl groups excluding tert-OH is 1. The Morgan fingerprint density at radius 2 is 2.44 bits per heavy atom. The minimum Gasteiger partial charge on any atom is -0.388 e. The number of nitrogens with one attached hydrogen (secondary N) is 1. The highest BCUT2D eigenvalue weighted by Gasteiger charge is 2.18. The summed E-state index contributed by atoms with van der Waals surface area (Å²) in [6, 6.07) is 7.57. The molecule has 0 spiro atoms. The molecule has 2 rings (SSSR count). The van der Waals surface area contributed by atoms with Crippen molar-refractivity contribution in [1.29, 1.82) is 0 Å². The van der Waals surface area contributed by atoms with Gasteiger partial charge in [0.05, 0.1) is 19.3 Å². The van der Waals surface area contributed by atoms with Gasteiger partial charge < -0.3 is 15.2 Å². The van der Waals surface area contributed by atoms with E-state index >= 15 is 0 Å². The summed E-state index contributed by atoms with van der Waals surface area (Å²) in [5.41, 5.74) is 0.861. The van der Waals surface area contributed by atoms with Crippen LogP contribution in [-0.2, 0) is 4.74 Å². The van der Waals surface area contributed by atoms with Crippen molar-refractivity contribution >= 4 is 11.6 Å². The van der Waals surface area contributed by atoms with E-state index < -0.39 is 6.10 Å². The summed E-state index contributed by atoms with van der Waals surface area (Å²) in [7, 11) is 0. The first-order chi connectivity index (χ1) is 7.75. The van der Waals surface area contributed by atoms with E-state index in [1.165, 1.54) is 0 Å². The fourth-order valence-corrected chi connectivity index (χ4v) is 2.09. The number of morpholine rings is 1. The van der Waals surface area contributed by atoms with E-state index in [0.29, 0.717) is 18.1 Å². The molecule has 16 heavy (non-hydrogen) atoms. The number of hydrogen-bond acceptors (Lipinski definition) is 3. The van der Waals surface area contributed by atoms with Crippen LogP contribution < -0.4 is 5.32 Å². The third-order valence-electron chi connectivity index (χ3n) is 2.74. The average Bonchev–Trinajstić information content (AvgIpc) is 2.30. The lowest BCUT2D eigenvalue weighted by molar-refractivity contribution is 0.0519. The third kappa shape index (κ3) is 3.19. The van der Waals surface area contributed by atoms with Gasteiger partial charge in [-0.2, -0.15) is 0 Å². The molecule has 2 atom stereocenters. The van der Waals surface area contributed by atoms with E-state index in [0.717, 1.165) is 18.7 Å². The molecule has 1 aromatic rings. The van der Waals surface area contributed by atoms with Crippen LogP contribution in [0.25, 0.3) is 0 Å². The zero-order valence-corrected chi connectivity index (χ0v) is 9.78. The fourth-order valence-electron chi connectivity index (χ4n) is 1.89. The molecule has 1 saturated heterocycles. The normalized spacial score (nSPS) is 23.0. The quantitative estimate of drug-likeness (QED) is 0.847. The van der Waals surface area contributed by atoms with Crippen molar-refractivity contribution in [1.82, 2.24) is 5.32 Å². The second-order valence-corrected chi connectivity index (χ2v) is 4.47. The SMILES string of the molecule is OC(CC1COCCN1)c1cccc(Cl)c1. The molecule has 0 bridgehead atoms. The van der Waals surface area contributed by atoms with E-state index in [-0.39, 0.29) is 6.04 Å². The Balaban J connectivity index is 1.94. The summed E-state index contributed by atoms with van der Waals surface area (Å²) in [4.78, 5) is 0. The van der Waals surface area contributed by atoms with Gasteiger partial charge in [-0.25, -0.2) is 0 Å². The standard InChI is InChI=1S/C12H16ClNO2/c13-10-3-1-2-9(6-10)12(15)7-11-8-16-5-4-14-11/h1-3,6,11-12,14-15H,4-5,7-8H2. The monoisotopic (exact) mass is 241 g/mol. The molecular formula is C12H16ClNO2. The van der Waals surface area contributed by atoms with E-state index in [9.17, 15) is 5.11 Å². The largest absolute Gasteiger partial charge is 0.388 e. The molecule has 1 aliphatic rings. The van der Waals surface area contributed by atoms with Crippen LogP contribution in [0.5, 0.6) is 0 Å². The van der Waals surface area contributed by atoms with Crippen LogP contribution in [0.3, 0.4) is 0 Å². The third-order valence-corrected chi connectivity index (χ3v) is 2.97. The van der Waals surface area contributed by atoms with Crippen LogP contribution in [0.2, 0.25) is 5.02 Å². The molecule has 1 heterocycles. The molecule has 0 aliphatic carbocycles. The maximum Gasteiger partial charge on any atom is 0.0806 e. The molecule has 2 N–H and O–H groups in total. The molecule has 1 aromatic carbocycles. The molecule has 1 fully saturated rings. The highest BCUT2D eigenvalue weighted by atomic mass is 35.5. The van der Waals surface area contributed by atoms with Gasteiger partial charge in [-0.05, 0) is 24.1 Å². The lowest BCUT2D eigenvalue weighted by Gasteiger charge is -2.25. The lowest BCUT2D eigenvalue weighted by atomic mass is 10.0. The predicted molar refractivity (Wildman–Crippen MR) is 63.6 cm³/mol. The highest BCUT2D eigenvalue weighted by molar-refractivity contribution is 6.30. The Morgan fingerprint density at radius 3 is 3.12 bits per heavy atom. The number of halogens is 1. The van der Waals surface area contributed by atoms with Crippen molar-refractivity contribution in [3.8, 4) is 0 Å². The maximum absolute atomic E-state index is 10.0. The number of hydrogen-bond donors (Lipinski definition) is 2. The van der Waals surface area contributed by atoms with Crippen LogP contribution in [0, 0.1) is 0 Å². The van der Waals surface area contributed by atoms with Gasteiger partial charge in [0, 0.05) is 17.6 Å². The van der Waals surface area contributed by atoms with Crippen LogP contribution in [-0.4, -0.2) is 30.9 Å². The second-order valence-electron chi connectivity index (χ2n) is 4.03. The number of benzene rings is 1. The van der Waals surface area contributed by atoms with Crippen molar-refractivity contribution in [3.05, 3.63) is 34.9 Å². The van der Waals surface area contributed by atoms with E-state index in [2.05, 4.69) is 5.32 Å². The van der Waals surface area contributed by atoms with Gasteiger partial charge in [-0.15, -0.1) is 0 Å². The predicted octanol–water partition coefficient (Wildman–Crippen LogP) is 1.75. The molecule has 0 aromatic heterocycles. The summed E-state index contributed by atoms with van der Waals surface area (Å²) in [6.45, 7) is 2.27. The summed E-state index contributed by atoms with van der Waals surface area (Å²) >= 11 is 5.88. The first-order valence-corrected chi connectivity index (χ1v) is 5.88. The molecule has 0 amide bonds. The Morgan fingerprint density at radius 1 is 1.56 bits per heavy atom. The van der Waals surface area contributed by atoms with E-state index in [4.69, 9.17) is 16.3 Å². The van der Waals surface area contributed by atoms with Crippen molar-refractivity contribution in [3.63, 3.8) is 0 Å².